The van der Waals surface area contributed by atoms with Crippen LogP contribution in [0.5, 0.6) is 0 Å². The lowest BCUT2D eigenvalue weighted by Gasteiger charge is -2.35. The second kappa shape index (κ2) is 7.10. The number of aryl methyl sites for hydroxylation is 1. The first-order valence-electron chi connectivity index (χ1n) is 7.07. The molecule has 2 saturated heterocycles. The van der Waals surface area contributed by atoms with E-state index < -0.39 is 0 Å². The maximum Gasteiger partial charge on any atom is 0.0594 e. The Balaban J connectivity index is 0.00000147. The molecule has 2 atom stereocenters. The van der Waals surface area contributed by atoms with Crippen molar-refractivity contribution < 1.29 is 4.74 Å². The maximum atomic E-state index is 6.49. The third kappa shape index (κ3) is 3.12. The Kier molecular flexibility index (Phi) is 5.70. The molecule has 0 aliphatic carbocycles. The van der Waals surface area contributed by atoms with E-state index in [-0.39, 0.29) is 12.4 Å². The molecule has 0 unspecified atom stereocenters. The van der Waals surface area contributed by atoms with Crippen LogP contribution >= 0.6 is 24.0 Å². The fourth-order valence-electron chi connectivity index (χ4n) is 3.22. The van der Waals surface area contributed by atoms with Crippen molar-refractivity contribution in [3.05, 3.63) is 34.3 Å². The van der Waals surface area contributed by atoms with Gasteiger partial charge in [-0.05, 0) is 31.0 Å². The summed E-state index contributed by atoms with van der Waals surface area (Å²) in [6.45, 7) is 6.91. The molecule has 1 N–H and O–H groups in total. The second-order valence-electron chi connectivity index (χ2n) is 5.41. The molecular weight excluding hydrogens is 295 g/mol. The second-order valence-corrected chi connectivity index (χ2v) is 5.79. The highest BCUT2D eigenvalue weighted by Crippen LogP contribution is 2.34. The van der Waals surface area contributed by atoms with Crippen LogP contribution in [0, 0.1) is 6.92 Å². The topological polar surface area (TPSA) is 24.5 Å². The van der Waals surface area contributed by atoms with Crippen molar-refractivity contribution in [3.63, 3.8) is 0 Å². The van der Waals surface area contributed by atoms with Gasteiger partial charge in [0.2, 0.25) is 0 Å². The Bertz CT molecular complexity index is 449. The van der Waals surface area contributed by atoms with E-state index in [2.05, 4.69) is 35.3 Å². The van der Waals surface area contributed by atoms with Gasteiger partial charge in [-0.25, -0.2) is 0 Å². The summed E-state index contributed by atoms with van der Waals surface area (Å²) in [5, 5.41) is 4.54. The third-order valence-electron chi connectivity index (χ3n) is 4.26. The average Bonchev–Trinajstić information content (AvgIpc) is 2.92. The standard InChI is InChI=1S/C15H21ClN2O.ClH/c1-11-3-2-4-12(14(11)16)15-13(5-6-17-15)18-7-9-19-10-8-18;/h2-4,13,15,17H,5-10H2,1H3;1H/t13-,15-;/m0./s1. The van der Waals surface area contributed by atoms with Gasteiger partial charge in [0.05, 0.1) is 13.2 Å². The zero-order valence-corrected chi connectivity index (χ0v) is 13.3. The van der Waals surface area contributed by atoms with Crippen LogP contribution in [-0.4, -0.2) is 43.8 Å². The molecule has 5 heteroatoms. The molecule has 0 aromatic heterocycles. The quantitative estimate of drug-likeness (QED) is 0.908. The monoisotopic (exact) mass is 316 g/mol. The van der Waals surface area contributed by atoms with Crippen LogP contribution < -0.4 is 5.32 Å². The van der Waals surface area contributed by atoms with E-state index in [1.165, 1.54) is 12.0 Å². The summed E-state index contributed by atoms with van der Waals surface area (Å²) in [6.07, 6.45) is 1.19. The van der Waals surface area contributed by atoms with Crippen molar-refractivity contribution in [2.75, 3.05) is 32.8 Å². The first kappa shape index (κ1) is 16.1. The molecule has 0 amide bonds. The minimum atomic E-state index is 0. The van der Waals surface area contributed by atoms with Crippen LogP contribution in [0.2, 0.25) is 5.02 Å². The highest BCUT2D eigenvalue weighted by molar-refractivity contribution is 6.32. The number of nitrogens with zero attached hydrogens (tertiary/aromatic N) is 1. The summed E-state index contributed by atoms with van der Waals surface area (Å²) in [5.74, 6) is 0. The van der Waals surface area contributed by atoms with E-state index in [9.17, 15) is 0 Å². The summed E-state index contributed by atoms with van der Waals surface area (Å²) < 4.78 is 5.45. The Labute approximate surface area is 132 Å². The number of ether oxygens (including phenoxy) is 1. The number of halogens is 2. The number of nitrogens with one attached hydrogen (secondary N) is 1. The minimum Gasteiger partial charge on any atom is -0.379 e. The predicted octanol–water partition coefficient (Wildman–Crippen LogP) is 2.81. The fourth-order valence-corrected chi connectivity index (χ4v) is 3.46. The summed E-state index contributed by atoms with van der Waals surface area (Å²) in [4.78, 5) is 2.55. The molecule has 2 aliphatic heterocycles. The molecule has 112 valence electrons. The van der Waals surface area contributed by atoms with Crippen LogP contribution in [0.4, 0.5) is 0 Å². The van der Waals surface area contributed by atoms with Gasteiger partial charge in [-0.2, -0.15) is 0 Å². The third-order valence-corrected chi connectivity index (χ3v) is 4.78. The SMILES string of the molecule is Cc1cccc([C@@H]2NCC[C@@H]2N2CCOCC2)c1Cl.Cl. The van der Waals surface area contributed by atoms with E-state index in [0.717, 1.165) is 43.4 Å². The zero-order valence-electron chi connectivity index (χ0n) is 11.8. The normalized spacial score (nSPS) is 27.3. The van der Waals surface area contributed by atoms with Crippen LogP contribution in [0.25, 0.3) is 0 Å². The maximum absolute atomic E-state index is 6.49. The molecule has 0 bridgehead atoms. The zero-order chi connectivity index (χ0) is 13.2. The van der Waals surface area contributed by atoms with Crippen molar-refractivity contribution in [1.82, 2.24) is 10.2 Å². The van der Waals surface area contributed by atoms with Crippen molar-refractivity contribution >= 4 is 24.0 Å². The largest absolute Gasteiger partial charge is 0.379 e. The van der Waals surface area contributed by atoms with Gasteiger partial charge in [0.25, 0.3) is 0 Å². The van der Waals surface area contributed by atoms with Crippen LogP contribution in [-0.2, 0) is 4.74 Å². The van der Waals surface area contributed by atoms with Gasteiger partial charge in [-0.3, -0.25) is 4.90 Å². The first-order chi connectivity index (χ1) is 9.27. The molecule has 2 fully saturated rings. The molecule has 1 aromatic carbocycles. The van der Waals surface area contributed by atoms with E-state index in [1.807, 2.05) is 0 Å². The molecule has 0 radical (unpaired) electrons. The molecular formula is C15H22Cl2N2O. The molecule has 3 rings (SSSR count). The predicted molar refractivity (Wildman–Crippen MR) is 85.0 cm³/mol. The molecule has 0 spiro atoms. The van der Waals surface area contributed by atoms with E-state index in [1.54, 1.807) is 0 Å². The molecule has 3 nitrogen and oxygen atoms in total. The number of morpholine rings is 1. The molecule has 1 aromatic rings. The summed E-state index contributed by atoms with van der Waals surface area (Å²) in [6, 6.07) is 7.23. The number of hydrogen-bond donors (Lipinski definition) is 1. The van der Waals surface area contributed by atoms with Gasteiger partial charge >= 0.3 is 0 Å². The van der Waals surface area contributed by atoms with Gasteiger partial charge < -0.3 is 10.1 Å². The van der Waals surface area contributed by atoms with Crippen molar-refractivity contribution in [1.29, 1.82) is 0 Å². The van der Waals surface area contributed by atoms with E-state index in [0.29, 0.717) is 12.1 Å². The molecule has 20 heavy (non-hydrogen) atoms. The minimum absolute atomic E-state index is 0. The summed E-state index contributed by atoms with van der Waals surface area (Å²) >= 11 is 6.49. The summed E-state index contributed by atoms with van der Waals surface area (Å²) in [7, 11) is 0. The Morgan fingerprint density at radius 2 is 2.05 bits per heavy atom. The number of rotatable bonds is 2. The van der Waals surface area contributed by atoms with Crippen molar-refractivity contribution in [2.24, 2.45) is 0 Å². The summed E-state index contributed by atoms with van der Waals surface area (Å²) in [5.41, 5.74) is 2.41. The van der Waals surface area contributed by atoms with Gasteiger partial charge in [0.15, 0.2) is 0 Å². The van der Waals surface area contributed by atoms with Crippen LogP contribution in [0.3, 0.4) is 0 Å². The van der Waals surface area contributed by atoms with Crippen molar-refractivity contribution in [2.45, 2.75) is 25.4 Å². The molecule has 2 aliphatic rings. The van der Waals surface area contributed by atoms with E-state index in [4.69, 9.17) is 16.3 Å². The van der Waals surface area contributed by atoms with Gasteiger partial charge in [0, 0.05) is 30.2 Å². The Morgan fingerprint density at radius 1 is 1.30 bits per heavy atom. The molecule has 2 heterocycles. The smallest absolute Gasteiger partial charge is 0.0594 e. The van der Waals surface area contributed by atoms with Gasteiger partial charge in [-0.1, -0.05) is 29.8 Å². The lowest BCUT2D eigenvalue weighted by atomic mass is 9.97. The van der Waals surface area contributed by atoms with Crippen LogP contribution in [0.1, 0.15) is 23.6 Å². The highest BCUT2D eigenvalue weighted by atomic mass is 35.5. The highest BCUT2D eigenvalue weighted by Gasteiger charge is 2.34. The number of hydrogen-bond acceptors (Lipinski definition) is 3. The lowest BCUT2D eigenvalue weighted by molar-refractivity contribution is 0.0139. The molecule has 0 saturated carbocycles. The Morgan fingerprint density at radius 3 is 2.80 bits per heavy atom. The lowest BCUT2D eigenvalue weighted by Crippen LogP contribution is -2.45. The van der Waals surface area contributed by atoms with E-state index >= 15 is 0 Å². The Hall–Kier alpha value is -0.320. The van der Waals surface area contributed by atoms with Gasteiger partial charge in [0.1, 0.15) is 0 Å². The average molecular weight is 317 g/mol. The van der Waals surface area contributed by atoms with Crippen molar-refractivity contribution in [3.8, 4) is 0 Å². The van der Waals surface area contributed by atoms with Crippen LogP contribution in [0.15, 0.2) is 18.2 Å². The number of benzene rings is 1. The fraction of sp³-hybridized carbons (Fsp3) is 0.600. The first-order valence-corrected chi connectivity index (χ1v) is 7.45. The van der Waals surface area contributed by atoms with Gasteiger partial charge in [-0.15, -0.1) is 12.4 Å².